The van der Waals surface area contributed by atoms with Crippen molar-refractivity contribution in [3.8, 4) is 5.75 Å². The van der Waals surface area contributed by atoms with Gasteiger partial charge in [0.15, 0.2) is 11.6 Å². The number of ether oxygens (including phenoxy) is 3. The third-order valence-corrected chi connectivity index (χ3v) is 2.29. The zero-order valence-corrected chi connectivity index (χ0v) is 9.48. The summed E-state index contributed by atoms with van der Waals surface area (Å²) in [4.78, 5) is 0. The van der Waals surface area contributed by atoms with Gasteiger partial charge in [0.2, 0.25) is 0 Å². The first kappa shape index (κ1) is 11.5. The summed E-state index contributed by atoms with van der Waals surface area (Å²) in [6.07, 6.45) is 2.68. The second-order valence-corrected chi connectivity index (χ2v) is 3.47. The molecule has 1 heterocycles. The van der Waals surface area contributed by atoms with Crippen LogP contribution in [0.25, 0.3) is 6.08 Å². The lowest BCUT2D eigenvalue weighted by Gasteiger charge is -2.13. The van der Waals surface area contributed by atoms with Crippen LogP contribution in [0, 0.1) is 0 Å². The minimum atomic E-state index is -0.449. The smallest absolute Gasteiger partial charge is 0.189 e. The minimum absolute atomic E-state index is 0.132. The van der Waals surface area contributed by atoms with Crippen molar-refractivity contribution in [1.82, 2.24) is 0 Å². The van der Waals surface area contributed by atoms with Gasteiger partial charge in [0.25, 0.3) is 0 Å². The molecule has 0 fully saturated rings. The summed E-state index contributed by atoms with van der Waals surface area (Å²) >= 11 is 0. The molecule has 1 aromatic carbocycles. The van der Waals surface area contributed by atoms with Crippen LogP contribution in [0.2, 0.25) is 0 Å². The van der Waals surface area contributed by atoms with Crippen molar-refractivity contribution in [3.05, 3.63) is 47.7 Å². The Balaban J connectivity index is 2.14. The maximum absolute atomic E-state index is 13.7. The standard InChI is InChI=1S/C13H13FO3/c1-15-11-4-2-10(3-5-11)8-12(14)13-9-16-6-7-17-13/h2-5,8-9H,6-7H2,1H3/b12-8+. The summed E-state index contributed by atoms with van der Waals surface area (Å²) in [5.41, 5.74) is 0.735. The van der Waals surface area contributed by atoms with Gasteiger partial charge in [-0.1, -0.05) is 12.1 Å². The molecule has 3 nitrogen and oxygen atoms in total. The van der Waals surface area contributed by atoms with Crippen LogP contribution in [0.1, 0.15) is 5.56 Å². The number of halogens is 1. The second kappa shape index (κ2) is 5.39. The van der Waals surface area contributed by atoms with Crippen LogP contribution in [-0.4, -0.2) is 20.3 Å². The summed E-state index contributed by atoms with van der Waals surface area (Å²) in [6, 6.07) is 7.07. The van der Waals surface area contributed by atoms with E-state index in [9.17, 15) is 4.39 Å². The van der Waals surface area contributed by atoms with E-state index in [-0.39, 0.29) is 5.76 Å². The van der Waals surface area contributed by atoms with E-state index in [1.165, 1.54) is 12.3 Å². The molecule has 0 N–H and O–H groups in total. The van der Waals surface area contributed by atoms with Crippen LogP contribution in [0.4, 0.5) is 4.39 Å². The number of rotatable bonds is 3. The molecule has 0 unspecified atom stereocenters. The number of hydrogen-bond donors (Lipinski definition) is 0. The van der Waals surface area contributed by atoms with Crippen molar-refractivity contribution in [3.63, 3.8) is 0 Å². The summed E-state index contributed by atoms with van der Waals surface area (Å²) < 4.78 is 28.8. The molecule has 0 atom stereocenters. The van der Waals surface area contributed by atoms with Crippen LogP contribution in [0.3, 0.4) is 0 Å². The maximum atomic E-state index is 13.7. The average molecular weight is 236 g/mol. The molecule has 2 rings (SSSR count). The zero-order chi connectivity index (χ0) is 12.1. The first-order valence-electron chi connectivity index (χ1n) is 5.26. The average Bonchev–Trinajstić information content (AvgIpc) is 2.40. The third-order valence-electron chi connectivity index (χ3n) is 2.29. The van der Waals surface area contributed by atoms with Crippen LogP contribution < -0.4 is 4.74 Å². The third kappa shape index (κ3) is 3.00. The van der Waals surface area contributed by atoms with Crippen LogP contribution >= 0.6 is 0 Å². The van der Waals surface area contributed by atoms with Crippen LogP contribution in [0.5, 0.6) is 5.75 Å². The Morgan fingerprint density at radius 2 is 2.06 bits per heavy atom. The van der Waals surface area contributed by atoms with E-state index < -0.39 is 5.83 Å². The van der Waals surface area contributed by atoms with Gasteiger partial charge in [0, 0.05) is 0 Å². The van der Waals surface area contributed by atoms with Gasteiger partial charge in [-0.25, -0.2) is 4.39 Å². The predicted molar refractivity (Wildman–Crippen MR) is 62.1 cm³/mol. The SMILES string of the molecule is COc1ccc(/C=C(/F)C2=COCCO2)cc1. The highest BCUT2D eigenvalue weighted by molar-refractivity contribution is 5.55. The molecule has 1 aliphatic rings. The largest absolute Gasteiger partial charge is 0.497 e. The molecule has 4 heteroatoms. The molecular formula is C13H13FO3. The quantitative estimate of drug-likeness (QED) is 0.807. The van der Waals surface area contributed by atoms with Gasteiger partial charge < -0.3 is 14.2 Å². The molecule has 1 aromatic rings. The Morgan fingerprint density at radius 3 is 2.65 bits per heavy atom. The van der Waals surface area contributed by atoms with E-state index in [4.69, 9.17) is 14.2 Å². The van der Waals surface area contributed by atoms with Crippen LogP contribution in [0.15, 0.2) is 42.1 Å². The zero-order valence-electron chi connectivity index (χ0n) is 9.48. The molecule has 0 aromatic heterocycles. The maximum Gasteiger partial charge on any atom is 0.189 e. The Bertz CT molecular complexity index is 434. The molecule has 0 bridgehead atoms. The Hall–Kier alpha value is -1.97. The molecule has 0 spiro atoms. The Kier molecular flexibility index (Phi) is 3.65. The van der Waals surface area contributed by atoms with E-state index in [1.54, 1.807) is 31.4 Å². The van der Waals surface area contributed by atoms with Crippen molar-refractivity contribution in [1.29, 1.82) is 0 Å². The van der Waals surface area contributed by atoms with Crippen LogP contribution in [-0.2, 0) is 9.47 Å². The highest BCUT2D eigenvalue weighted by Gasteiger charge is 2.10. The molecule has 90 valence electrons. The fourth-order valence-corrected chi connectivity index (χ4v) is 1.41. The lowest BCUT2D eigenvalue weighted by Crippen LogP contribution is -2.08. The van der Waals surface area contributed by atoms with Gasteiger partial charge in [-0.3, -0.25) is 0 Å². The minimum Gasteiger partial charge on any atom is -0.497 e. The summed E-state index contributed by atoms with van der Waals surface area (Å²) in [6.45, 7) is 0.828. The second-order valence-electron chi connectivity index (χ2n) is 3.47. The molecule has 0 saturated heterocycles. The predicted octanol–water partition coefficient (Wildman–Crippen LogP) is 2.89. The fourth-order valence-electron chi connectivity index (χ4n) is 1.41. The van der Waals surface area contributed by atoms with Gasteiger partial charge in [-0.15, -0.1) is 0 Å². The monoisotopic (exact) mass is 236 g/mol. The number of hydrogen-bond acceptors (Lipinski definition) is 3. The van der Waals surface area contributed by atoms with Crippen molar-refractivity contribution in [2.75, 3.05) is 20.3 Å². The molecule has 0 saturated carbocycles. The molecule has 0 radical (unpaired) electrons. The van der Waals surface area contributed by atoms with Gasteiger partial charge in [-0.2, -0.15) is 0 Å². The highest BCUT2D eigenvalue weighted by atomic mass is 19.1. The van der Waals surface area contributed by atoms with Gasteiger partial charge >= 0.3 is 0 Å². The molecular weight excluding hydrogens is 223 g/mol. The fraction of sp³-hybridized carbons (Fsp3) is 0.231. The highest BCUT2D eigenvalue weighted by Crippen LogP contribution is 2.20. The Morgan fingerprint density at radius 1 is 1.29 bits per heavy atom. The lowest BCUT2D eigenvalue weighted by molar-refractivity contribution is 0.0847. The summed E-state index contributed by atoms with van der Waals surface area (Å²) in [5, 5.41) is 0. The number of methoxy groups -OCH3 is 1. The van der Waals surface area contributed by atoms with Crippen molar-refractivity contribution in [2.24, 2.45) is 0 Å². The number of allylic oxidation sites excluding steroid dienone is 1. The van der Waals surface area contributed by atoms with Gasteiger partial charge in [-0.05, 0) is 23.8 Å². The van der Waals surface area contributed by atoms with Gasteiger partial charge in [0.1, 0.15) is 25.2 Å². The molecule has 1 aliphatic heterocycles. The summed E-state index contributed by atoms with van der Waals surface area (Å²) in [7, 11) is 1.59. The van der Waals surface area contributed by atoms with Crippen molar-refractivity contribution >= 4 is 6.08 Å². The first-order valence-corrected chi connectivity index (χ1v) is 5.26. The van der Waals surface area contributed by atoms with Crippen molar-refractivity contribution < 1.29 is 18.6 Å². The normalized spacial score (nSPS) is 15.6. The lowest BCUT2D eigenvalue weighted by atomic mass is 10.2. The Labute approximate surface area is 99.1 Å². The number of benzene rings is 1. The first-order chi connectivity index (χ1) is 8.29. The molecule has 0 amide bonds. The summed E-state index contributed by atoms with van der Waals surface area (Å²) in [5.74, 6) is 0.418. The van der Waals surface area contributed by atoms with E-state index in [1.807, 2.05) is 0 Å². The van der Waals surface area contributed by atoms with E-state index in [0.29, 0.717) is 13.2 Å². The topological polar surface area (TPSA) is 27.7 Å². The van der Waals surface area contributed by atoms with Gasteiger partial charge in [0.05, 0.1) is 7.11 Å². The van der Waals surface area contributed by atoms with Crippen molar-refractivity contribution in [2.45, 2.75) is 0 Å². The molecule has 0 aliphatic carbocycles. The van der Waals surface area contributed by atoms with E-state index >= 15 is 0 Å². The van der Waals surface area contributed by atoms with E-state index in [2.05, 4.69) is 0 Å². The molecule has 17 heavy (non-hydrogen) atoms. The van der Waals surface area contributed by atoms with E-state index in [0.717, 1.165) is 11.3 Å².